The molecule has 1 saturated carbocycles. The minimum atomic E-state index is -1.76. The Kier molecular flexibility index (Phi) is 9.91. The molecule has 2 aliphatic heterocycles. The molecule has 0 unspecified atom stereocenters. The predicted octanol–water partition coefficient (Wildman–Crippen LogP) is 6.15. The summed E-state index contributed by atoms with van der Waals surface area (Å²) in [5, 5.41) is 28.0. The van der Waals surface area contributed by atoms with Gasteiger partial charge in [0.2, 0.25) is 5.91 Å². The van der Waals surface area contributed by atoms with Gasteiger partial charge in [-0.1, -0.05) is 60.7 Å². The first kappa shape index (κ1) is 33.1. The second-order valence-electron chi connectivity index (χ2n) is 12.9. The average Bonchev–Trinajstić information content (AvgIpc) is 3.51. The molecule has 1 aliphatic carbocycles. The molecule has 0 aromatic heterocycles. The summed E-state index contributed by atoms with van der Waals surface area (Å²) in [6.45, 7) is 4.15. The number of ether oxygens (including phenoxy) is 2. The van der Waals surface area contributed by atoms with Gasteiger partial charge in [-0.25, -0.2) is 8.78 Å². The molecule has 0 radical (unpaired) electrons. The zero-order valence-corrected chi connectivity index (χ0v) is 26.5. The zero-order chi connectivity index (χ0) is 31.7. The number of hydrogen-bond acceptors (Lipinski definition) is 6. The zero-order valence-electron chi connectivity index (χ0n) is 25.0. The highest BCUT2D eigenvalue weighted by Gasteiger charge is 2.62. The van der Waals surface area contributed by atoms with Gasteiger partial charge in [-0.15, -0.1) is 0 Å². The fourth-order valence-corrected chi connectivity index (χ4v) is 7.82. The summed E-state index contributed by atoms with van der Waals surface area (Å²) < 4.78 is 43.3. The van der Waals surface area contributed by atoms with E-state index in [1.54, 1.807) is 6.07 Å². The molecule has 238 valence electrons. The lowest BCUT2D eigenvalue weighted by Gasteiger charge is -2.42. The number of nitrogens with one attached hydrogen (secondary N) is 2. The van der Waals surface area contributed by atoms with Gasteiger partial charge in [0.25, 0.3) is 0 Å². The van der Waals surface area contributed by atoms with Crippen molar-refractivity contribution in [1.29, 1.82) is 5.26 Å². The Balaban J connectivity index is 1.59. The van der Waals surface area contributed by atoms with E-state index in [2.05, 4.69) is 16.7 Å². The van der Waals surface area contributed by atoms with Crippen LogP contribution < -0.4 is 10.6 Å². The van der Waals surface area contributed by atoms with Crippen molar-refractivity contribution >= 4 is 29.1 Å². The van der Waals surface area contributed by atoms with E-state index in [-0.39, 0.29) is 46.8 Å². The van der Waals surface area contributed by atoms with Crippen molar-refractivity contribution in [3.8, 4) is 6.07 Å². The van der Waals surface area contributed by atoms with Crippen LogP contribution in [0.2, 0.25) is 10.0 Å². The highest BCUT2D eigenvalue weighted by atomic mass is 35.5. The Morgan fingerprint density at radius 3 is 2.57 bits per heavy atom. The molecule has 0 spiro atoms. The molecule has 44 heavy (non-hydrogen) atoms. The number of aliphatic hydroxyl groups is 1. The first-order valence-electron chi connectivity index (χ1n) is 15.2. The fraction of sp³-hybridized carbons (Fsp3) is 0.576. The SMILES string of the molecule is CC1(C)OC[C@H](CCNC(=O)[C@@H]2N[C@@H](CC3(CO)CCCCC3)[C@](C#N)(c3ccc(Cl)cc3F)[C@H]2c2cccc(Cl)c2F)O1. The van der Waals surface area contributed by atoms with Crippen molar-refractivity contribution in [2.75, 3.05) is 19.8 Å². The van der Waals surface area contributed by atoms with Crippen LogP contribution in [0.15, 0.2) is 36.4 Å². The van der Waals surface area contributed by atoms with E-state index in [0.29, 0.717) is 13.0 Å². The number of nitrogens with zero attached hydrogens (tertiary/aromatic N) is 1. The first-order chi connectivity index (χ1) is 20.9. The van der Waals surface area contributed by atoms with E-state index in [1.165, 1.54) is 24.3 Å². The van der Waals surface area contributed by atoms with E-state index < -0.39 is 52.2 Å². The number of halogens is 4. The van der Waals surface area contributed by atoms with Crippen LogP contribution in [0.4, 0.5) is 8.78 Å². The number of nitriles is 1. The van der Waals surface area contributed by atoms with Gasteiger partial charge in [0.1, 0.15) is 17.0 Å². The van der Waals surface area contributed by atoms with Crippen molar-refractivity contribution < 1.29 is 28.2 Å². The maximum atomic E-state index is 15.9. The van der Waals surface area contributed by atoms with Crippen LogP contribution in [0.5, 0.6) is 0 Å². The summed E-state index contributed by atoms with van der Waals surface area (Å²) in [5.41, 5.74) is -2.27. The summed E-state index contributed by atoms with van der Waals surface area (Å²) in [6.07, 6.45) is 4.83. The van der Waals surface area contributed by atoms with Gasteiger partial charge in [0.15, 0.2) is 5.79 Å². The topological polar surface area (TPSA) is 104 Å². The summed E-state index contributed by atoms with van der Waals surface area (Å²) in [7, 11) is 0. The van der Waals surface area contributed by atoms with Crippen LogP contribution in [-0.4, -0.2) is 54.7 Å². The molecule has 3 fully saturated rings. The highest BCUT2D eigenvalue weighted by molar-refractivity contribution is 6.31. The molecule has 5 atom stereocenters. The van der Waals surface area contributed by atoms with Crippen molar-refractivity contribution in [2.45, 2.75) is 94.1 Å². The molecular weight excluding hydrogens is 611 g/mol. The van der Waals surface area contributed by atoms with Gasteiger partial charge < -0.3 is 25.2 Å². The van der Waals surface area contributed by atoms with Gasteiger partial charge in [-0.05, 0) is 68.7 Å². The lowest BCUT2D eigenvalue weighted by atomic mass is 9.60. The smallest absolute Gasteiger partial charge is 0.237 e. The molecular formula is C33H39Cl2F2N3O4. The highest BCUT2D eigenvalue weighted by Crippen LogP contribution is 2.54. The van der Waals surface area contributed by atoms with Crippen molar-refractivity contribution in [2.24, 2.45) is 5.41 Å². The quantitative estimate of drug-likeness (QED) is 0.301. The van der Waals surface area contributed by atoms with Crippen LogP contribution >= 0.6 is 23.2 Å². The van der Waals surface area contributed by atoms with Gasteiger partial charge >= 0.3 is 0 Å². The van der Waals surface area contributed by atoms with Crippen molar-refractivity contribution in [3.05, 3.63) is 69.2 Å². The molecule has 2 saturated heterocycles. The van der Waals surface area contributed by atoms with E-state index in [0.717, 1.165) is 38.2 Å². The second-order valence-corrected chi connectivity index (χ2v) is 13.7. The number of carbonyl (C=O) groups excluding carboxylic acids is 1. The third-order valence-corrected chi connectivity index (χ3v) is 10.2. The Morgan fingerprint density at radius 1 is 1.18 bits per heavy atom. The van der Waals surface area contributed by atoms with Crippen molar-refractivity contribution in [3.63, 3.8) is 0 Å². The standard InChI is InChI=1S/C33H39Cl2F2N3O4/c1-31(2)43-17-21(44-31)11-14-39-30(42)29-27(22-7-6-8-24(35)28(22)37)33(18-38,23-10-9-20(34)15-25(23)36)26(40-29)16-32(19-41)12-4-3-5-13-32/h6-10,15,21,26-27,29,40-41H,3-5,11-14,16-17,19H2,1-2H3,(H,39,42)/t21-,26-,27-,29+,33-/m0/s1. The summed E-state index contributed by atoms with van der Waals surface area (Å²) >= 11 is 12.4. The molecule has 0 bridgehead atoms. The largest absolute Gasteiger partial charge is 0.396 e. The first-order valence-corrected chi connectivity index (χ1v) is 16.0. The Labute approximate surface area is 267 Å². The molecule has 11 heteroatoms. The second kappa shape index (κ2) is 13.2. The Morgan fingerprint density at radius 2 is 1.93 bits per heavy atom. The molecule has 3 aliphatic rings. The van der Waals surface area contributed by atoms with Gasteiger partial charge in [-0.3, -0.25) is 4.79 Å². The maximum absolute atomic E-state index is 15.9. The third-order valence-electron chi connectivity index (χ3n) is 9.63. The summed E-state index contributed by atoms with van der Waals surface area (Å²) in [5.74, 6) is -3.85. The predicted molar refractivity (Wildman–Crippen MR) is 163 cm³/mol. The monoisotopic (exact) mass is 649 g/mol. The van der Waals surface area contributed by atoms with E-state index in [1.807, 2.05) is 13.8 Å². The number of benzene rings is 2. The summed E-state index contributed by atoms with van der Waals surface area (Å²) in [4.78, 5) is 14.0. The number of amides is 1. The third kappa shape index (κ3) is 6.35. The van der Waals surface area contributed by atoms with E-state index >= 15 is 8.78 Å². The molecule has 3 N–H and O–H groups in total. The van der Waals surface area contributed by atoms with Gasteiger partial charge in [-0.2, -0.15) is 5.26 Å². The van der Waals surface area contributed by atoms with Gasteiger partial charge in [0.05, 0.1) is 29.8 Å². The van der Waals surface area contributed by atoms with Gasteiger partial charge in [0, 0.05) is 35.7 Å². The Hall–Kier alpha value is -2.32. The maximum Gasteiger partial charge on any atom is 0.237 e. The van der Waals surface area contributed by atoms with Crippen molar-refractivity contribution in [1.82, 2.24) is 10.6 Å². The summed E-state index contributed by atoms with van der Waals surface area (Å²) in [6, 6.07) is 8.91. The van der Waals surface area contributed by atoms with Crippen LogP contribution in [0.3, 0.4) is 0 Å². The minimum Gasteiger partial charge on any atom is -0.396 e. The number of aliphatic hydroxyl groups excluding tert-OH is 1. The Bertz CT molecular complexity index is 1410. The number of hydrogen-bond donors (Lipinski definition) is 3. The van der Waals surface area contributed by atoms with E-state index in [9.17, 15) is 15.2 Å². The van der Waals surface area contributed by atoms with Crippen LogP contribution in [0.1, 0.15) is 75.8 Å². The molecule has 5 rings (SSSR count). The van der Waals surface area contributed by atoms with Crippen LogP contribution in [-0.2, 0) is 19.7 Å². The molecule has 2 aromatic carbocycles. The van der Waals surface area contributed by atoms with E-state index in [4.69, 9.17) is 32.7 Å². The fourth-order valence-electron chi connectivity index (χ4n) is 7.48. The minimum absolute atomic E-state index is 0.00390. The molecule has 1 amide bonds. The van der Waals surface area contributed by atoms with Crippen LogP contribution in [0, 0.1) is 28.4 Å². The number of carbonyl (C=O) groups is 1. The van der Waals surface area contributed by atoms with Crippen LogP contribution in [0.25, 0.3) is 0 Å². The molecule has 2 aromatic rings. The lowest BCUT2D eigenvalue weighted by molar-refractivity contribution is -0.138. The lowest BCUT2D eigenvalue weighted by Crippen LogP contribution is -2.48. The normalized spacial score (nSPS) is 29.3. The number of rotatable bonds is 9. The average molecular weight is 651 g/mol. The molecule has 2 heterocycles. The molecule has 7 nitrogen and oxygen atoms in total.